The van der Waals surface area contributed by atoms with Gasteiger partial charge in [0.1, 0.15) is 0 Å². The van der Waals surface area contributed by atoms with Crippen molar-refractivity contribution in [1.82, 2.24) is 9.97 Å². The number of anilines is 1. The van der Waals surface area contributed by atoms with Crippen LogP contribution in [0.5, 0.6) is 0 Å². The van der Waals surface area contributed by atoms with Crippen molar-refractivity contribution in [3.8, 4) is 6.07 Å². The topological polar surface area (TPSA) is 105 Å². The molecule has 2 aromatic rings. The van der Waals surface area contributed by atoms with Gasteiger partial charge in [-0.1, -0.05) is 0 Å². The Balaban J connectivity index is 2.79. The van der Waals surface area contributed by atoms with Gasteiger partial charge in [-0.05, 0) is 12.1 Å². The Morgan fingerprint density at radius 3 is 3.00 bits per heavy atom. The zero-order chi connectivity index (χ0) is 11.7. The number of esters is 1. The van der Waals surface area contributed by atoms with Crippen LogP contribution in [0.25, 0.3) is 11.0 Å². The Hall–Kier alpha value is -2.55. The first-order valence-electron chi connectivity index (χ1n) is 4.43. The lowest BCUT2D eigenvalue weighted by Crippen LogP contribution is -2.02. The maximum Gasteiger partial charge on any atom is 0.340 e. The molecule has 6 heteroatoms. The van der Waals surface area contributed by atoms with Crippen LogP contribution < -0.4 is 5.73 Å². The first-order valence-corrected chi connectivity index (χ1v) is 4.43. The minimum Gasteiger partial charge on any atom is -0.465 e. The number of carbonyl (C=O) groups excluding carboxylic acids is 1. The van der Waals surface area contributed by atoms with E-state index in [1.54, 1.807) is 6.07 Å². The van der Waals surface area contributed by atoms with Gasteiger partial charge in [-0.2, -0.15) is 5.26 Å². The Morgan fingerprint density at radius 1 is 1.62 bits per heavy atom. The molecular formula is C10H8N4O2. The molecule has 0 aliphatic carbocycles. The summed E-state index contributed by atoms with van der Waals surface area (Å²) in [6.45, 7) is 0. The number of nitrogens with one attached hydrogen (secondary N) is 1. The predicted molar refractivity (Wildman–Crippen MR) is 56.6 cm³/mol. The standard InChI is InChI=1S/C10H8N4O2/c1-16-9(15)6-2-5(4-11)3-7-8(6)14-10(12)13-7/h2-3H,1H3,(H3,12,13,14). The number of nitrogens with two attached hydrogens (primary N) is 1. The van der Waals surface area contributed by atoms with Crippen LogP contribution in [0.15, 0.2) is 12.1 Å². The number of aromatic amines is 1. The highest BCUT2D eigenvalue weighted by molar-refractivity contribution is 6.03. The van der Waals surface area contributed by atoms with Crippen molar-refractivity contribution in [2.45, 2.75) is 0 Å². The van der Waals surface area contributed by atoms with Crippen LogP contribution in [-0.4, -0.2) is 23.0 Å². The van der Waals surface area contributed by atoms with Crippen molar-refractivity contribution in [3.63, 3.8) is 0 Å². The fourth-order valence-electron chi connectivity index (χ4n) is 1.47. The van der Waals surface area contributed by atoms with Crippen LogP contribution in [0.2, 0.25) is 0 Å². The number of nitrogens with zero attached hydrogens (tertiary/aromatic N) is 2. The van der Waals surface area contributed by atoms with E-state index in [-0.39, 0.29) is 11.5 Å². The molecule has 0 fully saturated rings. The molecule has 0 aliphatic rings. The lowest BCUT2D eigenvalue weighted by Gasteiger charge is -2.00. The molecule has 16 heavy (non-hydrogen) atoms. The third-order valence-electron chi connectivity index (χ3n) is 2.15. The molecule has 1 aromatic carbocycles. The Labute approximate surface area is 90.6 Å². The molecule has 1 heterocycles. The third kappa shape index (κ3) is 1.44. The van der Waals surface area contributed by atoms with E-state index in [1.807, 2.05) is 6.07 Å². The second-order valence-electron chi connectivity index (χ2n) is 3.14. The van der Waals surface area contributed by atoms with Crippen molar-refractivity contribution < 1.29 is 9.53 Å². The average molecular weight is 216 g/mol. The number of nitrogen functional groups attached to an aromatic ring is 1. The number of ether oxygens (including phenoxy) is 1. The molecule has 0 spiro atoms. The Kier molecular flexibility index (Phi) is 2.21. The Bertz CT molecular complexity index is 609. The van der Waals surface area contributed by atoms with Crippen molar-refractivity contribution in [3.05, 3.63) is 23.3 Å². The molecule has 0 aliphatic heterocycles. The minimum absolute atomic E-state index is 0.190. The zero-order valence-corrected chi connectivity index (χ0v) is 8.44. The van der Waals surface area contributed by atoms with E-state index in [1.165, 1.54) is 13.2 Å². The van der Waals surface area contributed by atoms with Crippen LogP contribution in [0, 0.1) is 11.3 Å². The number of fused-ring (bicyclic) bond motifs is 1. The highest BCUT2D eigenvalue weighted by Gasteiger charge is 2.15. The van der Waals surface area contributed by atoms with Crippen molar-refractivity contribution >= 4 is 23.0 Å². The van der Waals surface area contributed by atoms with E-state index in [4.69, 9.17) is 11.0 Å². The van der Waals surface area contributed by atoms with E-state index < -0.39 is 5.97 Å². The number of nitriles is 1. The van der Waals surface area contributed by atoms with Gasteiger partial charge >= 0.3 is 5.97 Å². The van der Waals surface area contributed by atoms with Gasteiger partial charge in [0.05, 0.1) is 35.3 Å². The summed E-state index contributed by atoms with van der Waals surface area (Å²) in [5.74, 6) is -0.346. The largest absolute Gasteiger partial charge is 0.465 e. The number of H-pyrrole nitrogens is 1. The molecule has 0 bridgehead atoms. The summed E-state index contributed by atoms with van der Waals surface area (Å²) in [4.78, 5) is 18.2. The van der Waals surface area contributed by atoms with Crippen LogP contribution in [0.4, 0.5) is 5.95 Å². The molecule has 0 atom stereocenters. The molecule has 1 aromatic heterocycles. The number of hydrogen-bond acceptors (Lipinski definition) is 5. The lowest BCUT2D eigenvalue weighted by atomic mass is 10.1. The quantitative estimate of drug-likeness (QED) is 0.686. The van der Waals surface area contributed by atoms with Crippen molar-refractivity contribution in [2.24, 2.45) is 0 Å². The van der Waals surface area contributed by atoms with E-state index in [2.05, 4.69) is 14.7 Å². The summed E-state index contributed by atoms with van der Waals surface area (Å²) in [7, 11) is 1.27. The number of hydrogen-bond donors (Lipinski definition) is 2. The highest BCUT2D eigenvalue weighted by atomic mass is 16.5. The van der Waals surface area contributed by atoms with Crippen molar-refractivity contribution in [2.75, 3.05) is 12.8 Å². The van der Waals surface area contributed by atoms with Gasteiger partial charge in [-0.3, -0.25) is 0 Å². The summed E-state index contributed by atoms with van der Waals surface area (Å²) in [5, 5.41) is 8.81. The fourth-order valence-corrected chi connectivity index (χ4v) is 1.47. The monoisotopic (exact) mass is 216 g/mol. The van der Waals surface area contributed by atoms with E-state index in [0.717, 1.165) is 0 Å². The number of benzene rings is 1. The van der Waals surface area contributed by atoms with E-state index in [0.29, 0.717) is 16.6 Å². The number of rotatable bonds is 1. The smallest absolute Gasteiger partial charge is 0.340 e. The van der Waals surface area contributed by atoms with Gasteiger partial charge in [-0.25, -0.2) is 9.78 Å². The Morgan fingerprint density at radius 2 is 2.38 bits per heavy atom. The number of imidazole rings is 1. The van der Waals surface area contributed by atoms with E-state index >= 15 is 0 Å². The summed E-state index contributed by atoms with van der Waals surface area (Å²) < 4.78 is 4.62. The molecule has 3 N–H and O–H groups in total. The van der Waals surface area contributed by atoms with Crippen LogP contribution in [-0.2, 0) is 4.74 Å². The van der Waals surface area contributed by atoms with Gasteiger partial charge in [0.2, 0.25) is 0 Å². The molecule has 2 rings (SSSR count). The van der Waals surface area contributed by atoms with Gasteiger partial charge in [0.25, 0.3) is 0 Å². The second-order valence-corrected chi connectivity index (χ2v) is 3.14. The molecule has 0 saturated carbocycles. The minimum atomic E-state index is -0.536. The summed E-state index contributed by atoms with van der Waals surface area (Å²) in [6.07, 6.45) is 0. The molecule has 0 radical (unpaired) electrons. The number of aromatic nitrogens is 2. The summed E-state index contributed by atoms with van der Waals surface area (Å²) >= 11 is 0. The maximum absolute atomic E-state index is 11.5. The third-order valence-corrected chi connectivity index (χ3v) is 2.15. The first-order chi connectivity index (χ1) is 7.65. The molecule has 0 unspecified atom stereocenters. The molecule has 80 valence electrons. The SMILES string of the molecule is COC(=O)c1cc(C#N)cc2nc(N)[nH]c12. The van der Waals surface area contributed by atoms with Crippen LogP contribution in [0.1, 0.15) is 15.9 Å². The molecule has 0 saturated heterocycles. The predicted octanol–water partition coefficient (Wildman–Crippen LogP) is 0.803. The zero-order valence-electron chi connectivity index (χ0n) is 8.44. The molecule has 6 nitrogen and oxygen atoms in total. The summed E-state index contributed by atoms with van der Waals surface area (Å²) in [5.41, 5.74) is 7.02. The average Bonchev–Trinajstić information content (AvgIpc) is 2.66. The maximum atomic E-state index is 11.5. The van der Waals surface area contributed by atoms with E-state index in [9.17, 15) is 4.79 Å². The highest BCUT2D eigenvalue weighted by Crippen LogP contribution is 2.20. The van der Waals surface area contributed by atoms with Crippen LogP contribution >= 0.6 is 0 Å². The normalized spacial score (nSPS) is 10.0. The second kappa shape index (κ2) is 3.55. The van der Waals surface area contributed by atoms with Crippen molar-refractivity contribution in [1.29, 1.82) is 5.26 Å². The molecular weight excluding hydrogens is 208 g/mol. The van der Waals surface area contributed by atoms with Crippen LogP contribution in [0.3, 0.4) is 0 Å². The van der Waals surface area contributed by atoms with Gasteiger partial charge in [0.15, 0.2) is 5.95 Å². The fraction of sp³-hybridized carbons (Fsp3) is 0.100. The number of carbonyl (C=O) groups is 1. The first kappa shape index (κ1) is 9.98. The molecule has 0 amide bonds. The van der Waals surface area contributed by atoms with Gasteiger partial charge in [-0.15, -0.1) is 0 Å². The van der Waals surface area contributed by atoms with Gasteiger partial charge in [0, 0.05) is 0 Å². The lowest BCUT2D eigenvalue weighted by molar-refractivity contribution is 0.0603. The number of methoxy groups -OCH3 is 1. The van der Waals surface area contributed by atoms with Gasteiger partial charge < -0.3 is 15.5 Å². The summed E-state index contributed by atoms with van der Waals surface area (Å²) in [6, 6.07) is 4.93.